The summed E-state index contributed by atoms with van der Waals surface area (Å²) < 4.78 is 4.52. The Balaban J connectivity index is 1.93. The second-order valence-corrected chi connectivity index (χ2v) is 5.69. The van der Waals surface area contributed by atoms with Crippen LogP contribution in [0.5, 0.6) is 0 Å². The summed E-state index contributed by atoms with van der Waals surface area (Å²) in [5.74, 6) is 0. The number of hydrogen-bond donors (Lipinski definition) is 0. The zero-order valence-electron chi connectivity index (χ0n) is 9.95. The van der Waals surface area contributed by atoms with Crippen molar-refractivity contribution in [1.29, 1.82) is 0 Å². The van der Waals surface area contributed by atoms with Gasteiger partial charge in [0.2, 0.25) is 5.52 Å². The van der Waals surface area contributed by atoms with Gasteiger partial charge in [-0.05, 0) is 23.5 Å². The second kappa shape index (κ2) is 3.19. The molecule has 0 unspecified atom stereocenters. The molecule has 0 bridgehead atoms. The van der Waals surface area contributed by atoms with Crippen molar-refractivity contribution in [3.05, 3.63) is 48.5 Å². The molecule has 0 radical (unpaired) electrons. The SMILES string of the molecule is c1cnc2cc3c(sc4[n+]3Cc3cnccc3-4)n2c1. The minimum atomic E-state index is 0.912. The molecule has 1 aliphatic rings. The Morgan fingerprint density at radius 3 is 3.32 bits per heavy atom. The van der Waals surface area contributed by atoms with Crippen molar-refractivity contribution in [2.24, 2.45) is 0 Å². The van der Waals surface area contributed by atoms with Crippen LogP contribution in [0, 0.1) is 0 Å². The van der Waals surface area contributed by atoms with Crippen molar-refractivity contribution in [2.75, 3.05) is 0 Å². The van der Waals surface area contributed by atoms with Crippen molar-refractivity contribution in [3.8, 4) is 10.6 Å². The third-order valence-electron chi connectivity index (χ3n) is 3.67. The zero-order valence-corrected chi connectivity index (χ0v) is 10.8. The van der Waals surface area contributed by atoms with Gasteiger partial charge in [-0.2, -0.15) is 4.57 Å². The second-order valence-electron chi connectivity index (χ2n) is 4.71. The van der Waals surface area contributed by atoms with Gasteiger partial charge >= 0.3 is 0 Å². The Bertz CT molecular complexity index is 951. The number of nitrogens with zero attached hydrogens (tertiary/aromatic N) is 4. The van der Waals surface area contributed by atoms with E-state index in [1.807, 2.05) is 36.0 Å². The summed E-state index contributed by atoms with van der Waals surface area (Å²) in [4.78, 5) is 9.89. The largest absolute Gasteiger partial charge is 0.287 e. The van der Waals surface area contributed by atoms with E-state index in [0.717, 1.165) is 12.2 Å². The fourth-order valence-corrected chi connectivity index (χ4v) is 4.10. The smallest absolute Gasteiger partial charge is 0.272 e. The summed E-state index contributed by atoms with van der Waals surface area (Å²) in [6.45, 7) is 0.912. The molecule has 0 aliphatic carbocycles. The number of hydrogen-bond acceptors (Lipinski definition) is 3. The lowest BCUT2D eigenvalue weighted by Crippen LogP contribution is -2.29. The molecule has 0 amide bonds. The fourth-order valence-electron chi connectivity index (χ4n) is 2.81. The first kappa shape index (κ1) is 9.63. The third kappa shape index (κ3) is 1.11. The minimum Gasteiger partial charge on any atom is -0.287 e. The fraction of sp³-hybridized carbons (Fsp3) is 0.0714. The topological polar surface area (TPSA) is 34.1 Å². The third-order valence-corrected chi connectivity index (χ3v) is 4.90. The lowest BCUT2D eigenvalue weighted by molar-refractivity contribution is -0.641. The van der Waals surface area contributed by atoms with Crippen LogP contribution in [0.4, 0.5) is 0 Å². The molecule has 4 aromatic rings. The maximum absolute atomic E-state index is 4.41. The molecular weight excluding hydrogens is 256 g/mol. The Morgan fingerprint density at radius 1 is 1.32 bits per heavy atom. The van der Waals surface area contributed by atoms with E-state index in [9.17, 15) is 0 Å². The maximum Gasteiger partial charge on any atom is 0.272 e. The number of aromatic nitrogens is 4. The Labute approximate surface area is 112 Å². The van der Waals surface area contributed by atoms with Crippen LogP contribution in [0.15, 0.2) is 43.0 Å². The monoisotopic (exact) mass is 265 g/mol. The highest BCUT2D eigenvalue weighted by Gasteiger charge is 2.33. The molecule has 90 valence electrons. The minimum absolute atomic E-state index is 0.912. The predicted molar refractivity (Wildman–Crippen MR) is 73.1 cm³/mol. The molecule has 5 rings (SSSR count). The number of thiazole rings is 1. The van der Waals surface area contributed by atoms with Gasteiger partial charge in [-0.25, -0.2) is 4.98 Å². The molecule has 4 aromatic heterocycles. The van der Waals surface area contributed by atoms with Gasteiger partial charge < -0.3 is 0 Å². The van der Waals surface area contributed by atoms with Gasteiger partial charge in [0.15, 0.2) is 11.4 Å². The quantitative estimate of drug-likeness (QED) is 0.402. The standard InChI is InChI=1S/C14H9N4S/c1-3-16-12-6-11-14(17(12)5-1)19-13-10-2-4-15-7-9(10)8-18(11)13/h1-7H,8H2/q+1. The molecule has 0 atom stereocenters. The molecule has 4 nitrogen and oxygen atoms in total. The predicted octanol–water partition coefficient (Wildman–Crippen LogP) is 2.26. The summed E-state index contributed by atoms with van der Waals surface area (Å²) in [7, 11) is 0. The van der Waals surface area contributed by atoms with Crippen molar-refractivity contribution < 1.29 is 4.57 Å². The van der Waals surface area contributed by atoms with E-state index in [4.69, 9.17) is 0 Å². The van der Waals surface area contributed by atoms with Crippen molar-refractivity contribution in [1.82, 2.24) is 14.4 Å². The van der Waals surface area contributed by atoms with Gasteiger partial charge in [0.1, 0.15) is 5.65 Å². The van der Waals surface area contributed by atoms with Crippen LogP contribution >= 0.6 is 11.3 Å². The first-order valence-corrected chi connectivity index (χ1v) is 6.95. The van der Waals surface area contributed by atoms with Crippen LogP contribution in [-0.4, -0.2) is 14.4 Å². The van der Waals surface area contributed by atoms with Gasteiger partial charge in [0.25, 0.3) is 5.01 Å². The molecule has 0 aromatic carbocycles. The zero-order chi connectivity index (χ0) is 12.4. The first-order valence-electron chi connectivity index (χ1n) is 6.13. The molecule has 0 spiro atoms. The highest BCUT2D eigenvalue weighted by atomic mass is 32.1. The molecule has 0 N–H and O–H groups in total. The Kier molecular flexibility index (Phi) is 1.62. The van der Waals surface area contributed by atoms with E-state index in [2.05, 4.69) is 37.3 Å². The average molecular weight is 265 g/mol. The summed E-state index contributed by atoms with van der Waals surface area (Å²) in [5, 5.41) is 1.32. The summed E-state index contributed by atoms with van der Waals surface area (Å²) in [6, 6.07) is 6.24. The van der Waals surface area contributed by atoms with Gasteiger partial charge in [-0.3, -0.25) is 9.38 Å². The summed E-state index contributed by atoms with van der Waals surface area (Å²) in [6.07, 6.45) is 7.74. The molecule has 0 saturated carbocycles. The van der Waals surface area contributed by atoms with Crippen LogP contribution in [0.1, 0.15) is 5.56 Å². The van der Waals surface area contributed by atoms with Crippen LogP contribution in [0.25, 0.3) is 26.6 Å². The van der Waals surface area contributed by atoms with Crippen molar-refractivity contribution >= 4 is 27.3 Å². The van der Waals surface area contributed by atoms with Crippen LogP contribution in [0.3, 0.4) is 0 Å². The van der Waals surface area contributed by atoms with E-state index in [0.29, 0.717) is 0 Å². The van der Waals surface area contributed by atoms with Crippen LogP contribution in [-0.2, 0) is 6.54 Å². The van der Waals surface area contributed by atoms with E-state index in [1.165, 1.54) is 26.5 Å². The number of fused-ring (bicyclic) bond motifs is 7. The first-order chi connectivity index (χ1) is 9.42. The van der Waals surface area contributed by atoms with E-state index < -0.39 is 0 Å². The highest BCUT2D eigenvalue weighted by molar-refractivity contribution is 7.20. The molecule has 1 aliphatic heterocycles. The van der Waals surface area contributed by atoms with E-state index >= 15 is 0 Å². The van der Waals surface area contributed by atoms with Crippen LogP contribution < -0.4 is 4.57 Å². The molecule has 0 saturated heterocycles. The van der Waals surface area contributed by atoms with Gasteiger partial charge in [-0.15, -0.1) is 0 Å². The average Bonchev–Trinajstić information content (AvgIpc) is 3.07. The van der Waals surface area contributed by atoms with Crippen LogP contribution in [0.2, 0.25) is 0 Å². The maximum atomic E-state index is 4.41. The molecule has 5 heteroatoms. The molecule has 5 heterocycles. The normalized spacial score (nSPS) is 13.1. The van der Waals surface area contributed by atoms with E-state index in [1.54, 1.807) is 0 Å². The summed E-state index contributed by atoms with van der Waals surface area (Å²) in [5.41, 5.74) is 4.88. The Hall–Kier alpha value is -2.27. The summed E-state index contributed by atoms with van der Waals surface area (Å²) >= 11 is 1.82. The van der Waals surface area contributed by atoms with Gasteiger partial charge in [-0.1, -0.05) is 0 Å². The number of rotatable bonds is 0. The Morgan fingerprint density at radius 2 is 2.32 bits per heavy atom. The lowest BCUT2D eigenvalue weighted by atomic mass is 10.2. The van der Waals surface area contributed by atoms with Gasteiger partial charge in [0, 0.05) is 30.4 Å². The van der Waals surface area contributed by atoms with Crippen molar-refractivity contribution in [2.45, 2.75) is 6.54 Å². The van der Waals surface area contributed by atoms with Crippen molar-refractivity contribution in [3.63, 3.8) is 0 Å². The van der Waals surface area contributed by atoms with Gasteiger partial charge in [0.05, 0.1) is 11.6 Å². The molecular formula is C14H9N4S+. The number of pyridine rings is 1. The molecule has 19 heavy (non-hydrogen) atoms. The molecule has 0 fully saturated rings. The van der Waals surface area contributed by atoms with E-state index in [-0.39, 0.29) is 0 Å². The highest BCUT2D eigenvalue weighted by Crippen LogP contribution is 2.35. The lowest BCUT2D eigenvalue weighted by Gasteiger charge is -1.91.